The highest BCUT2D eigenvalue weighted by Crippen LogP contribution is 2.12. The number of nitrogens with one attached hydrogen (secondary N) is 2. The summed E-state index contributed by atoms with van der Waals surface area (Å²) < 4.78 is 0. The molecule has 0 bridgehead atoms. The van der Waals surface area contributed by atoms with Crippen LogP contribution in [0, 0.1) is 0 Å². The van der Waals surface area contributed by atoms with Gasteiger partial charge in [0.2, 0.25) is 0 Å². The molecule has 0 aliphatic carbocycles. The van der Waals surface area contributed by atoms with E-state index in [2.05, 4.69) is 39.5 Å². The highest BCUT2D eigenvalue weighted by molar-refractivity contribution is 7.80. The lowest BCUT2D eigenvalue weighted by Gasteiger charge is -2.12. The average Bonchev–Trinajstić information content (AvgIpc) is 2.42. The summed E-state index contributed by atoms with van der Waals surface area (Å²) in [5.41, 5.74) is 5.91. The van der Waals surface area contributed by atoms with Crippen molar-refractivity contribution in [2.45, 2.75) is 6.92 Å². The molecule has 1 aromatic rings. The molecule has 0 fully saturated rings. The van der Waals surface area contributed by atoms with E-state index in [4.69, 9.17) is 12.2 Å². The second-order valence-electron chi connectivity index (χ2n) is 4.25. The lowest BCUT2D eigenvalue weighted by Crippen LogP contribution is -2.32. The van der Waals surface area contributed by atoms with E-state index in [0.717, 1.165) is 17.0 Å². The van der Waals surface area contributed by atoms with Crippen molar-refractivity contribution in [1.29, 1.82) is 0 Å². The molecule has 2 N–H and O–H groups in total. The molecule has 5 heteroatoms. The van der Waals surface area contributed by atoms with Crippen molar-refractivity contribution in [1.82, 2.24) is 10.7 Å². The third-order valence-corrected chi connectivity index (χ3v) is 2.77. The molecule has 102 valence electrons. The third-order valence-electron chi connectivity index (χ3n) is 2.53. The summed E-state index contributed by atoms with van der Waals surface area (Å²) in [4.78, 5) is 2.06. The van der Waals surface area contributed by atoms with Crippen LogP contribution < -0.4 is 15.6 Å². The van der Waals surface area contributed by atoms with Gasteiger partial charge in [0.1, 0.15) is 0 Å². The minimum Gasteiger partial charge on any atom is -0.378 e. The largest absolute Gasteiger partial charge is 0.378 e. The van der Waals surface area contributed by atoms with Crippen molar-refractivity contribution < 1.29 is 0 Å². The number of anilines is 1. The Morgan fingerprint density at radius 2 is 2.00 bits per heavy atom. The summed E-state index contributed by atoms with van der Waals surface area (Å²) in [7, 11) is 4.03. The average molecular weight is 276 g/mol. The van der Waals surface area contributed by atoms with E-state index in [0.29, 0.717) is 11.7 Å². The van der Waals surface area contributed by atoms with Crippen molar-refractivity contribution in [3.63, 3.8) is 0 Å². The summed E-state index contributed by atoms with van der Waals surface area (Å²) >= 11 is 5.06. The maximum atomic E-state index is 5.06. The monoisotopic (exact) mass is 276 g/mol. The van der Waals surface area contributed by atoms with Gasteiger partial charge < -0.3 is 10.2 Å². The third kappa shape index (κ3) is 5.09. The van der Waals surface area contributed by atoms with Crippen molar-refractivity contribution in [2.24, 2.45) is 5.10 Å². The van der Waals surface area contributed by atoms with Gasteiger partial charge in [-0.15, -0.1) is 6.58 Å². The maximum Gasteiger partial charge on any atom is 0.187 e. The molecule has 1 rings (SSSR count). The zero-order chi connectivity index (χ0) is 14.3. The Kier molecular flexibility index (Phi) is 6.02. The zero-order valence-corrected chi connectivity index (χ0v) is 12.4. The van der Waals surface area contributed by atoms with Crippen LogP contribution in [0.4, 0.5) is 5.69 Å². The smallest absolute Gasteiger partial charge is 0.187 e. The van der Waals surface area contributed by atoms with Crippen molar-refractivity contribution in [3.05, 3.63) is 42.5 Å². The van der Waals surface area contributed by atoms with Crippen molar-refractivity contribution >= 4 is 28.7 Å². The fourth-order valence-corrected chi connectivity index (χ4v) is 1.53. The molecule has 0 amide bonds. The van der Waals surface area contributed by atoms with Gasteiger partial charge >= 0.3 is 0 Å². The normalized spacial score (nSPS) is 10.8. The van der Waals surface area contributed by atoms with Crippen LogP contribution in [-0.4, -0.2) is 31.5 Å². The predicted octanol–water partition coefficient (Wildman–Crippen LogP) is 2.13. The molecule has 0 atom stereocenters. The van der Waals surface area contributed by atoms with Crippen LogP contribution in [0.3, 0.4) is 0 Å². The molecule has 0 aliphatic rings. The van der Waals surface area contributed by atoms with Gasteiger partial charge in [0.05, 0.1) is 5.71 Å². The molecule has 0 unspecified atom stereocenters. The Balaban J connectivity index is 2.63. The number of hydrogen-bond donors (Lipinski definition) is 2. The number of nitrogens with zero attached hydrogens (tertiary/aromatic N) is 2. The Bertz CT molecular complexity index is 463. The first-order chi connectivity index (χ1) is 9.04. The fraction of sp³-hybridized carbons (Fsp3) is 0.286. The van der Waals surface area contributed by atoms with E-state index < -0.39 is 0 Å². The lowest BCUT2D eigenvalue weighted by molar-refractivity contribution is 0.936. The van der Waals surface area contributed by atoms with Gasteiger partial charge in [-0.2, -0.15) is 5.10 Å². The first-order valence-corrected chi connectivity index (χ1v) is 6.42. The maximum absolute atomic E-state index is 5.06. The van der Waals surface area contributed by atoms with E-state index in [1.54, 1.807) is 6.08 Å². The van der Waals surface area contributed by atoms with Gasteiger partial charge in [-0.1, -0.05) is 18.2 Å². The standard InChI is InChI=1S/C14H20N4S/c1-5-10-15-14(19)17-16-11(2)12-6-8-13(9-7-12)18(3)4/h5-9H,1,10H2,2-4H3,(H2,15,17,19)/b16-11-. The molecule has 1 aromatic carbocycles. The number of thiocarbonyl (C=S) groups is 1. The molecule has 0 saturated heterocycles. The lowest BCUT2D eigenvalue weighted by atomic mass is 10.1. The van der Waals surface area contributed by atoms with Gasteiger partial charge in [-0.05, 0) is 36.8 Å². The van der Waals surface area contributed by atoms with Crippen LogP contribution in [0.25, 0.3) is 0 Å². The van der Waals surface area contributed by atoms with E-state index >= 15 is 0 Å². The Morgan fingerprint density at radius 3 is 2.53 bits per heavy atom. The van der Waals surface area contributed by atoms with Gasteiger partial charge in [-0.3, -0.25) is 5.43 Å². The van der Waals surface area contributed by atoms with Gasteiger partial charge in [0.25, 0.3) is 0 Å². The first-order valence-electron chi connectivity index (χ1n) is 6.01. The molecule has 4 nitrogen and oxygen atoms in total. The van der Waals surface area contributed by atoms with Crippen LogP contribution >= 0.6 is 12.2 Å². The van der Waals surface area contributed by atoms with Gasteiger partial charge in [0.15, 0.2) is 5.11 Å². The minimum atomic E-state index is 0.490. The molecule has 0 aromatic heterocycles. The topological polar surface area (TPSA) is 39.7 Å². The SMILES string of the molecule is C=CCNC(=S)N/N=C(/C)c1ccc(N(C)C)cc1. The Hall–Kier alpha value is -1.88. The highest BCUT2D eigenvalue weighted by Gasteiger charge is 1.99. The van der Waals surface area contributed by atoms with E-state index in [1.807, 2.05) is 33.2 Å². The van der Waals surface area contributed by atoms with Gasteiger partial charge in [-0.25, -0.2) is 0 Å². The number of hydrazone groups is 1. The second kappa shape index (κ2) is 7.53. The molecule has 19 heavy (non-hydrogen) atoms. The summed E-state index contributed by atoms with van der Waals surface area (Å²) in [6, 6.07) is 8.19. The van der Waals surface area contributed by atoms with Gasteiger partial charge in [0, 0.05) is 26.3 Å². The Morgan fingerprint density at radius 1 is 1.37 bits per heavy atom. The number of benzene rings is 1. The number of rotatable bonds is 5. The fourth-order valence-electron chi connectivity index (χ4n) is 1.40. The van der Waals surface area contributed by atoms with Crippen LogP contribution in [0.15, 0.2) is 42.0 Å². The summed E-state index contributed by atoms with van der Waals surface area (Å²) in [5.74, 6) is 0. The highest BCUT2D eigenvalue weighted by atomic mass is 32.1. The summed E-state index contributed by atoms with van der Waals surface area (Å²) in [6.45, 7) is 6.17. The van der Waals surface area contributed by atoms with E-state index in [9.17, 15) is 0 Å². The molecule has 0 heterocycles. The molecular formula is C14H20N4S. The van der Waals surface area contributed by atoms with Crippen molar-refractivity contribution in [2.75, 3.05) is 25.5 Å². The molecule has 0 aliphatic heterocycles. The molecule has 0 spiro atoms. The summed E-state index contributed by atoms with van der Waals surface area (Å²) in [5, 5.41) is 7.68. The van der Waals surface area contributed by atoms with E-state index in [-0.39, 0.29) is 0 Å². The molecular weight excluding hydrogens is 256 g/mol. The Labute approximate surface area is 120 Å². The summed E-state index contributed by atoms with van der Waals surface area (Å²) in [6.07, 6.45) is 1.74. The minimum absolute atomic E-state index is 0.490. The first kappa shape index (κ1) is 15.2. The van der Waals surface area contributed by atoms with E-state index in [1.165, 1.54) is 0 Å². The predicted molar refractivity (Wildman–Crippen MR) is 86.9 cm³/mol. The molecule has 0 radical (unpaired) electrons. The van der Waals surface area contributed by atoms with Crippen LogP contribution in [0.2, 0.25) is 0 Å². The second-order valence-corrected chi connectivity index (χ2v) is 4.66. The number of hydrogen-bond acceptors (Lipinski definition) is 3. The van der Waals surface area contributed by atoms with Crippen LogP contribution in [0.5, 0.6) is 0 Å². The van der Waals surface area contributed by atoms with Crippen LogP contribution in [0.1, 0.15) is 12.5 Å². The quantitative estimate of drug-likeness (QED) is 0.374. The molecule has 0 saturated carbocycles. The van der Waals surface area contributed by atoms with Crippen LogP contribution in [-0.2, 0) is 0 Å². The van der Waals surface area contributed by atoms with Crippen molar-refractivity contribution in [3.8, 4) is 0 Å². The zero-order valence-electron chi connectivity index (χ0n) is 11.6.